The Balaban J connectivity index is 1.63. The van der Waals surface area contributed by atoms with Crippen LogP contribution in [0.25, 0.3) is 0 Å². The molecule has 0 saturated carbocycles. The Kier molecular flexibility index (Phi) is 6.32. The maximum absolute atomic E-state index is 12.3. The first-order valence-electron chi connectivity index (χ1n) is 8.58. The van der Waals surface area contributed by atoms with Crippen molar-refractivity contribution in [1.82, 2.24) is 10.2 Å². The Morgan fingerprint density at radius 1 is 1.17 bits per heavy atom. The number of nitrogens with one attached hydrogen (secondary N) is 1. The summed E-state index contributed by atoms with van der Waals surface area (Å²) in [5.41, 5.74) is 0.444. The van der Waals surface area contributed by atoms with Crippen molar-refractivity contribution < 1.29 is 24.0 Å². The lowest BCUT2D eigenvalue weighted by Gasteiger charge is -2.05. The maximum atomic E-state index is 12.3. The lowest BCUT2D eigenvalue weighted by molar-refractivity contribution is -0.385. The molecule has 0 bridgehead atoms. The number of rotatable bonds is 7. The number of anilines is 1. The summed E-state index contributed by atoms with van der Waals surface area (Å²) in [7, 11) is 1.54. The van der Waals surface area contributed by atoms with E-state index in [2.05, 4.69) is 15.5 Å². The van der Waals surface area contributed by atoms with Gasteiger partial charge < -0.3 is 14.8 Å². The van der Waals surface area contributed by atoms with Gasteiger partial charge in [-0.3, -0.25) is 14.9 Å². The summed E-state index contributed by atoms with van der Waals surface area (Å²) in [5, 5.41) is 21.9. The zero-order valence-electron chi connectivity index (χ0n) is 15.9. The van der Waals surface area contributed by atoms with Crippen molar-refractivity contribution in [1.29, 1.82) is 0 Å². The van der Waals surface area contributed by atoms with Gasteiger partial charge in [-0.1, -0.05) is 23.5 Å². The van der Waals surface area contributed by atoms with E-state index in [0.29, 0.717) is 17.0 Å². The van der Waals surface area contributed by atoms with Gasteiger partial charge in [-0.2, -0.15) is 0 Å². The first kappa shape index (κ1) is 20.9. The number of carbonyl (C=O) groups is 2. The molecule has 0 fully saturated rings. The maximum Gasteiger partial charge on any atom is 0.345 e. The van der Waals surface area contributed by atoms with E-state index in [0.717, 1.165) is 11.3 Å². The number of esters is 1. The number of carbonyl (C=O) groups excluding carboxylic acids is 2. The van der Waals surface area contributed by atoms with Gasteiger partial charge >= 0.3 is 5.97 Å². The number of aromatic nitrogens is 2. The standard InChI is InChI=1S/C19H16N4O6S/c1-11-4-3-5-14(16(11)23(26)27)19(25)29-10-15-21-22-18(30-15)17(24)20-12-6-8-13(28-2)9-7-12/h3-9H,10H2,1-2H3,(H,20,24). The first-order valence-corrected chi connectivity index (χ1v) is 9.39. The molecule has 30 heavy (non-hydrogen) atoms. The molecule has 0 saturated heterocycles. The molecule has 1 amide bonds. The van der Waals surface area contributed by atoms with E-state index < -0.39 is 16.8 Å². The number of benzene rings is 2. The lowest BCUT2D eigenvalue weighted by Crippen LogP contribution is -2.11. The molecule has 3 rings (SSSR count). The lowest BCUT2D eigenvalue weighted by atomic mass is 10.1. The Morgan fingerprint density at radius 2 is 1.90 bits per heavy atom. The number of methoxy groups -OCH3 is 1. The third kappa shape index (κ3) is 4.75. The van der Waals surface area contributed by atoms with Crippen molar-refractivity contribution in [2.24, 2.45) is 0 Å². The molecular formula is C19H16N4O6S. The van der Waals surface area contributed by atoms with Gasteiger partial charge in [-0.05, 0) is 37.3 Å². The van der Waals surface area contributed by atoms with Crippen molar-refractivity contribution in [3.8, 4) is 5.75 Å². The summed E-state index contributed by atoms with van der Waals surface area (Å²) in [4.78, 5) is 35.1. The van der Waals surface area contributed by atoms with Crippen LogP contribution in [-0.2, 0) is 11.3 Å². The van der Waals surface area contributed by atoms with E-state index in [-0.39, 0.29) is 27.9 Å². The molecule has 1 N–H and O–H groups in total. The Bertz CT molecular complexity index is 1100. The van der Waals surface area contributed by atoms with E-state index in [1.165, 1.54) is 25.1 Å². The Labute approximate surface area is 174 Å². The number of hydrogen-bond acceptors (Lipinski definition) is 9. The fourth-order valence-electron chi connectivity index (χ4n) is 2.53. The SMILES string of the molecule is COc1ccc(NC(=O)c2nnc(COC(=O)c3cccc(C)c3[N+](=O)[O-])s2)cc1. The van der Waals surface area contributed by atoms with Crippen molar-refractivity contribution in [3.63, 3.8) is 0 Å². The van der Waals surface area contributed by atoms with Crippen LogP contribution in [-0.4, -0.2) is 34.1 Å². The number of nitrogens with zero attached hydrogens (tertiary/aromatic N) is 3. The van der Waals surface area contributed by atoms with Crippen LogP contribution in [0.3, 0.4) is 0 Å². The van der Waals surface area contributed by atoms with Gasteiger partial charge in [0, 0.05) is 11.3 Å². The van der Waals surface area contributed by atoms with Gasteiger partial charge in [0.2, 0.25) is 5.01 Å². The Morgan fingerprint density at radius 3 is 2.57 bits per heavy atom. The number of hydrogen-bond donors (Lipinski definition) is 1. The zero-order chi connectivity index (χ0) is 21.7. The molecule has 0 aliphatic carbocycles. The smallest absolute Gasteiger partial charge is 0.345 e. The van der Waals surface area contributed by atoms with Crippen LogP contribution in [0.2, 0.25) is 0 Å². The average molecular weight is 428 g/mol. The van der Waals surface area contributed by atoms with E-state index >= 15 is 0 Å². The van der Waals surface area contributed by atoms with Crippen LogP contribution in [0.5, 0.6) is 5.75 Å². The fraction of sp³-hybridized carbons (Fsp3) is 0.158. The average Bonchev–Trinajstić information content (AvgIpc) is 3.21. The third-order valence-electron chi connectivity index (χ3n) is 3.98. The van der Waals surface area contributed by atoms with Gasteiger partial charge in [0.25, 0.3) is 11.6 Å². The summed E-state index contributed by atoms with van der Waals surface area (Å²) >= 11 is 0.949. The first-order chi connectivity index (χ1) is 14.4. The molecule has 0 unspecified atom stereocenters. The summed E-state index contributed by atoms with van der Waals surface area (Å²) < 4.78 is 10.2. The predicted octanol–water partition coefficient (Wildman–Crippen LogP) is 3.37. The highest BCUT2D eigenvalue weighted by Crippen LogP contribution is 2.24. The molecule has 0 spiro atoms. The number of nitro benzene ring substituents is 1. The van der Waals surface area contributed by atoms with Gasteiger partial charge in [0.05, 0.1) is 12.0 Å². The number of aryl methyl sites for hydroxylation is 1. The van der Waals surface area contributed by atoms with Crippen LogP contribution in [0, 0.1) is 17.0 Å². The van der Waals surface area contributed by atoms with Crippen LogP contribution in [0.1, 0.15) is 30.7 Å². The van der Waals surface area contributed by atoms with Gasteiger partial charge in [0.1, 0.15) is 17.9 Å². The summed E-state index contributed by atoms with van der Waals surface area (Å²) in [6.07, 6.45) is 0. The van der Waals surface area contributed by atoms with Crippen LogP contribution < -0.4 is 10.1 Å². The van der Waals surface area contributed by atoms with E-state index in [4.69, 9.17) is 9.47 Å². The quantitative estimate of drug-likeness (QED) is 0.344. The molecule has 11 heteroatoms. The number of para-hydroxylation sites is 1. The van der Waals surface area contributed by atoms with Gasteiger partial charge in [0.15, 0.2) is 5.01 Å². The van der Waals surface area contributed by atoms with Gasteiger partial charge in [-0.25, -0.2) is 4.79 Å². The summed E-state index contributed by atoms with van der Waals surface area (Å²) in [5.74, 6) is -0.670. The monoisotopic (exact) mass is 428 g/mol. The zero-order valence-corrected chi connectivity index (χ0v) is 16.8. The molecule has 0 atom stereocenters. The largest absolute Gasteiger partial charge is 0.497 e. The molecule has 3 aromatic rings. The minimum absolute atomic E-state index is 0.0819. The number of amides is 1. The van der Waals surface area contributed by atoms with Crippen molar-refractivity contribution in [2.75, 3.05) is 12.4 Å². The van der Waals surface area contributed by atoms with Crippen molar-refractivity contribution >= 4 is 34.6 Å². The second kappa shape index (κ2) is 9.09. The van der Waals surface area contributed by atoms with Gasteiger partial charge in [-0.15, -0.1) is 10.2 Å². The molecule has 1 aromatic heterocycles. The second-order valence-electron chi connectivity index (χ2n) is 5.99. The molecule has 2 aromatic carbocycles. The predicted molar refractivity (Wildman–Crippen MR) is 108 cm³/mol. The molecule has 10 nitrogen and oxygen atoms in total. The normalized spacial score (nSPS) is 10.3. The molecule has 0 radical (unpaired) electrons. The second-order valence-corrected chi connectivity index (χ2v) is 7.05. The van der Waals surface area contributed by atoms with Crippen LogP contribution in [0.15, 0.2) is 42.5 Å². The summed E-state index contributed by atoms with van der Waals surface area (Å²) in [6, 6.07) is 11.1. The minimum Gasteiger partial charge on any atom is -0.497 e. The minimum atomic E-state index is -0.857. The third-order valence-corrected chi connectivity index (χ3v) is 4.87. The number of nitro groups is 1. The van der Waals surface area contributed by atoms with Crippen LogP contribution in [0.4, 0.5) is 11.4 Å². The molecule has 0 aliphatic rings. The molecule has 0 aliphatic heterocycles. The highest BCUT2D eigenvalue weighted by Gasteiger charge is 2.24. The van der Waals surface area contributed by atoms with E-state index in [1.54, 1.807) is 31.4 Å². The van der Waals surface area contributed by atoms with Crippen molar-refractivity contribution in [2.45, 2.75) is 13.5 Å². The van der Waals surface area contributed by atoms with E-state index in [1.807, 2.05) is 0 Å². The molecule has 1 heterocycles. The van der Waals surface area contributed by atoms with Crippen molar-refractivity contribution in [3.05, 3.63) is 73.7 Å². The van der Waals surface area contributed by atoms with E-state index in [9.17, 15) is 19.7 Å². The highest BCUT2D eigenvalue weighted by molar-refractivity contribution is 7.13. The Hall–Kier alpha value is -3.86. The van der Waals surface area contributed by atoms with Crippen LogP contribution >= 0.6 is 11.3 Å². The summed E-state index contributed by atoms with van der Waals surface area (Å²) in [6.45, 7) is 1.27. The topological polar surface area (TPSA) is 134 Å². The number of ether oxygens (including phenoxy) is 2. The molecule has 154 valence electrons. The highest BCUT2D eigenvalue weighted by atomic mass is 32.1. The fourth-order valence-corrected chi connectivity index (χ4v) is 3.18. The molecular weight excluding hydrogens is 412 g/mol.